The van der Waals surface area contributed by atoms with Gasteiger partial charge in [-0.05, 0) is 81.6 Å². The molecule has 1 amide bonds. The number of allylic oxidation sites excluding steroid dienone is 1. The fourth-order valence-electron chi connectivity index (χ4n) is 8.57. The van der Waals surface area contributed by atoms with E-state index in [9.17, 15) is 19.8 Å². The molecule has 0 heterocycles. The summed E-state index contributed by atoms with van der Waals surface area (Å²) < 4.78 is 12.2. The van der Waals surface area contributed by atoms with Gasteiger partial charge in [0, 0.05) is 49.2 Å². The first-order valence-electron chi connectivity index (χ1n) is 15.6. The lowest BCUT2D eigenvalue weighted by molar-refractivity contribution is -0.123. The number of nitrogens with two attached hydrogens (primary N) is 1. The van der Waals surface area contributed by atoms with Crippen molar-refractivity contribution in [2.75, 3.05) is 34.9 Å². The molecule has 0 saturated heterocycles. The van der Waals surface area contributed by atoms with Crippen molar-refractivity contribution < 1.29 is 29.3 Å². The normalized spacial score (nSPS) is 29.3. The maximum atomic E-state index is 14.3. The topological polar surface area (TPSA) is 126 Å². The predicted octanol–water partition coefficient (Wildman–Crippen LogP) is 4.49. The van der Waals surface area contributed by atoms with Gasteiger partial charge in [-0.3, -0.25) is 19.4 Å². The minimum atomic E-state index is -1.21. The summed E-state index contributed by atoms with van der Waals surface area (Å²) in [6, 6.07) is 1.61. The van der Waals surface area contributed by atoms with Gasteiger partial charge in [0.05, 0.1) is 24.3 Å². The van der Waals surface area contributed by atoms with Crippen LogP contribution < -0.4 is 5.73 Å². The molecular formula is C33H44ClN3O6. The second-order valence-electron chi connectivity index (χ2n) is 13.5. The van der Waals surface area contributed by atoms with Crippen LogP contribution >= 0.6 is 11.6 Å². The van der Waals surface area contributed by atoms with Crippen LogP contribution in [0.25, 0.3) is 0 Å². The average molecular weight is 614 g/mol. The van der Waals surface area contributed by atoms with E-state index in [1.54, 1.807) is 6.07 Å². The molecule has 0 radical (unpaired) electrons. The van der Waals surface area contributed by atoms with E-state index in [0.29, 0.717) is 47.3 Å². The number of benzene rings is 1. The number of methoxy groups -OCH3 is 2. The quantitative estimate of drug-likeness (QED) is 0.372. The number of halogens is 1. The lowest BCUT2D eigenvalue weighted by Gasteiger charge is -2.53. The summed E-state index contributed by atoms with van der Waals surface area (Å²) in [6.07, 6.45) is 8.29. The first kappa shape index (κ1) is 30.4. The number of rotatable bonds is 9. The Balaban J connectivity index is 1.43. The summed E-state index contributed by atoms with van der Waals surface area (Å²) in [4.78, 5) is 31.2. The van der Waals surface area contributed by atoms with Crippen LogP contribution in [-0.2, 0) is 27.2 Å². The molecule has 10 heteroatoms. The van der Waals surface area contributed by atoms with Gasteiger partial charge in [-0.1, -0.05) is 24.4 Å². The third-order valence-corrected chi connectivity index (χ3v) is 11.2. The van der Waals surface area contributed by atoms with Gasteiger partial charge in [-0.15, -0.1) is 0 Å². The van der Waals surface area contributed by atoms with E-state index < -0.39 is 17.6 Å². The molecule has 2 fully saturated rings. The van der Waals surface area contributed by atoms with Gasteiger partial charge >= 0.3 is 0 Å². The van der Waals surface area contributed by atoms with Gasteiger partial charge < -0.3 is 25.4 Å². The highest BCUT2D eigenvalue weighted by Crippen LogP contribution is 2.56. The number of phenolic OH excluding ortho intramolecular Hbond substituents is 1. The van der Waals surface area contributed by atoms with Crippen LogP contribution in [0.2, 0.25) is 5.02 Å². The maximum Gasteiger partial charge on any atom is 0.248 e. The number of likely N-dealkylation sites (N-methyl/N-ethyl adjacent to an activating group) is 1. The number of ketones is 1. The molecule has 2 saturated carbocycles. The molecule has 4 atom stereocenters. The lowest BCUT2D eigenvalue weighted by Crippen LogP contribution is -2.60. The lowest BCUT2D eigenvalue weighted by atomic mass is 9.59. The number of amides is 1. The van der Waals surface area contributed by atoms with Crippen molar-refractivity contribution in [2.45, 2.75) is 82.0 Å². The summed E-state index contributed by atoms with van der Waals surface area (Å²) in [5.74, 6) is -0.797. The largest absolute Gasteiger partial charge is 0.510 e. The van der Waals surface area contributed by atoms with Crippen molar-refractivity contribution in [3.63, 3.8) is 0 Å². The molecule has 9 nitrogen and oxygen atoms in total. The number of aromatic hydroxyl groups is 1. The number of ether oxygens (including phenoxy) is 2. The number of primary amides is 1. The van der Waals surface area contributed by atoms with E-state index in [-0.39, 0.29) is 46.7 Å². The molecule has 43 heavy (non-hydrogen) atoms. The van der Waals surface area contributed by atoms with Gasteiger partial charge in [0.15, 0.2) is 5.78 Å². The van der Waals surface area contributed by atoms with Crippen LogP contribution in [0.15, 0.2) is 28.7 Å². The number of fused-ring (bicyclic) bond motifs is 3. The van der Waals surface area contributed by atoms with E-state index in [4.69, 9.17) is 26.8 Å². The van der Waals surface area contributed by atoms with Crippen molar-refractivity contribution >= 4 is 23.3 Å². The van der Waals surface area contributed by atoms with E-state index in [2.05, 4.69) is 4.90 Å². The SMILES string of the molecule is COC1=C2C(=O)c3c(O)cc(CN(CC4CC4)C4CCCC4)c(Cl)c3C[C@H]2C[C@H]2[C@H](N(C)C)C(O)=C(C(N)=O)C[C@@]12OC. The van der Waals surface area contributed by atoms with E-state index in [1.165, 1.54) is 52.7 Å². The van der Waals surface area contributed by atoms with Crippen molar-refractivity contribution in [3.8, 4) is 5.75 Å². The second kappa shape index (κ2) is 11.4. The van der Waals surface area contributed by atoms with E-state index >= 15 is 0 Å². The number of phenols is 1. The number of Topliss-reactive ketones (excluding diaryl/α,β-unsaturated/α-hetero) is 1. The molecule has 0 bridgehead atoms. The maximum absolute atomic E-state index is 14.3. The summed E-state index contributed by atoms with van der Waals surface area (Å²) in [5, 5.41) is 23.2. The zero-order chi connectivity index (χ0) is 30.8. The summed E-state index contributed by atoms with van der Waals surface area (Å²) >= 11 is 7.15. The Morgan fingerprint density at radius 3 is 2.44 bits per heavy atom. The Hall–Kier alpha value is -2.59. The van der Waals surface area contributed by atoms with Gasteiger partial charge in [0.1, 0.15) is 22.9 Å². The van der Waals surface area contributed by atoms with Crippen LogP contribution in [0.5, 0.6) is 5.75 Å². The Bertz CT molecular complexity index is 1400. The standard InChI is InChI=1S/C33H44ClN3O6/c1-36(2)28-23-12-18-11-21-26(30(40)25(18)31(42-3)33(23,43-4)14-22(29(28)39)32(35)41)24(38)13-19(27(21)34)16-37(15-17-9-10-17)20-7-5-6-8-20/h13,17-18,20,23,28,38-39H,5-12,14-16H2,1-4H3,(H2,35,41)/t18-,23-,28-,33-/m0/s1. The molecule has 6 rings (SSSR count). The Morgan fingerprint density at radius 1 is 1.16 bits per heavy atom. The molecular weight excluding hydrogens is 570 g/mol. The third-order valence-electron chi connectivity index (χ3n) is 10.7. The van der Waals surface area contributed by atoms with Crippen LogP contribution in [0.4, 0.5) is 0 Å². The first-order valence-corrected chi connectivity index (χ1v) is 15.9. The van der Waals surface area contributed by atoms with Crippen molar-refractivity contribution in [2.24, 2.45) is 23.5 Å². The number of nitrogens with zero attached hydrogens (tertiary/aromatic N) is 2. The van der Waals surface area contributed by atoms with E-state index in [0.717, 1.165) is 18.0 Å². The second-order valence-corrected chi connectivity index (χ2v) is 13.8. The van der Waals surface area contributed by atoms with Crippen LogP contribution in [0.3, 0.4) is 0 Å². The Kier molecular flexibility index (Phi) is 8.07. The minimum absolute atomic E-state index is 0.0249. The number of hydrogen-bond donors (Lipinski definition) is 3. The van der Waals surface area contributed by atoms with Gasteiger partial charge in [0.25, 0.3) is 0 Å². The highest BCUT2D eigenvalue weighted by molar-refractivity contribution is 6.33. The fourth-order valence-corrected chi connectivity index (χ4v) is 8.85. The fraction of sp³-hybridized carbons (Fsp3) is 0.636. The van der Waals surface area contributed by atoms with Crippen LogP contribution in [-0.4, -0.2) is 84.2 Å². The van der Waals surface area contributed by atoms with Crippen molar-refractivity contribution in [3.05, 3.63) is 50.4 Å². The van der Waals surface area contributed by atoms with Crippen LogP contribution in [0.1, 0.15) is 72.9 Å². The molecule has 0 aromatic heterocycles. The summed E-state index contributed by atoms with van der Waals surface area (Å²) in [6.45, 7) is 1.69. The molecule has 0 aliphatic heterocycles. The monoisotopic (exact) mass is 613 g/mol. The molecule has 0 spiro atoms. The highest BCUT2D eigenvalue weighted by Gasteiger charge is 2.60. The smallest absolute Gasteiger partial charge is 0.248 e. The molecule has 234 valence electrons. The molecule has 5 aliphatic carbocycles. The van der Waals surface area contributed by atoms with Crippen molar-refractivity contribution in [1.82, 2.24) is 9.80 Å². The van der Waals surface area contributed by atoms with Gasteiger partial charge in [0.2, 0.25) is 5.91 Å². The molecule has 1 aromatic rings. The zero-order valence-electron chi connectivity index (χ0n) is 25.6. The summed E-state index contributed by atoms with van der Waals surface area (Å²) in [5.41, 5.74) is 6.73. The average Bonchev–Trinajstić information content (AvgIpc) is 3.61. The molecule has 0 unspecified atom stereocenters. The van der Waals surface area contributed by atoms with Gasteiger partial charge in [-0.2, -0.15) is 0 Å². The molecule has 5 aliphatic rings. The van der Waals surface area contributed by atoms with Crippen LogP contribution in [0, 0.1) is 17.8 Å². The number of aliphatic hydroxyl groups is 1. The number of hydrogen-bond acceptors (Lipinski definition) is 8. The number of carbonyl (C=O) groups excluding carboxylic acids is 2. The minimum Gasteiger partial charge on any atom is -0.510 e. The zero-order valence-corrected chi connectivity index (χ0v) is 26.4. The third kappa shape index (κ3) is 4.96. The number of aliphatic hydroxyl groups excluding tert-OH is 1. The van der Waals surface area contributed by atoms with E-state index in [1.807, 2.05) is 19.0 Å². The first-order chi connectivity index (χ1) is 20.5. The highest BCUT2D eigenvalue weighted by atomic mass is 35.5. The van der Waals surface area contributed by atoms with Crippen molar-refractivity contribution in [1.29, 1.82) is 0 Å². The Labute approximate surface area is 258 Å². The summed E-state index contributed by atoms with van der Waals surface area (Å²) in [7, 11) is 6.68. The van der Waals surface area contributed by atoms with Gasteiger partial charge in [-0.25, -0.2) is 0 Å². The molecule has 1 aromatic carbocycles. The predicted molar refractivity (Wildman–Crippen MR) is 163 cm³/mol. The number of carbonyl (C=O) groups is 2. The molecule has 4 N–H and O–H groups in total. The Morgan fingerprint density at radius 2 is 1.86 bits per heavy atom.